The molecule has 0 bridgehead atoms. The molecule has 1 aliphatic heterocycles. The molecule has 0 aromatic heterocycles. The van der Waals surface area contributed by atoms with Crippen molar-refractivity contribution in [2.75, 3.05) is 12.1 Å². The lowest BCUT2D eigenvalue weighted by Crippen LogP contribution is -2.29. The van der Waals surface area contributed by atoms with Crippen LogP contribution in [0.15, 0.2) is 27.8 Å². The topological polar surface area (TPSA) is 63.5 Å². The summed E-state index contributed by atoms with van der Waals surface area (Å²) in [5.41, 5.74) is 7.43. The molecule has 6 heteroatoms. The van der Waals surface area contributed by atoms with Crippen molar-refractivity contribution < 1.29 is 0 Å². The number of hydrazone groups is 1. The standard InChI is InChI=1S/C9H8BrN5/c10-9-3-8(2-1-7(9)4-11)14-15-5-12-13-6-15/h1-3,5,13-14H,6H2. The van der Waals surface area contributed by atoms with Crippen LogP contribution in [0.3, 0.4) is 0 Å². The Balaban J connectivity index is 2.13. The Bertz CT molecular complexity index is 437. The molecule has 0 aliphatic carbocycles. The molecule has 0 saturated heterocycles. The van der Waals surface area contributed by atoms with Crippen molar-refractivity contribution in [1.82, 2.24) is 10.4 Å². The van der Waals surface area contributed by atoms with Crippen LogP contribution in [-0.4, -0.2) is 18.0 Å². The fraction of sp³-hybridized carbons (Fsp3) is 0.111. The lowest BCUT2D eigenvalue weighted by molar-refractivity contribution is 0.506. The van der Waals surface area contributed by atoms with Crippen molar-refractivity contribution in [3.05, 3.63) is 28.2 Å². The summed E-state index contributed by atoms with van der Waals surface area (Å²) in [6, 6.07) is 7.54. The molecule has 1 heterocycles. The number of hydrazine groups is 1. The number of anilines is 1. The van der Waals surface area contributed by atoms with E-state index in [0.717, 1.165) is 10.2 Å². The van der Waals surface area contributed by atoms with Gasteiger partial charge in [-0.3, -0.25) is 15.9 Å². The van der Waals surface area contributed by atoms with Crippen molar-refractivity contribution >= 4 is 28.0 Å². The Morgan fingerprint density at radius 3 is 3.07 bits per heavy atom. The third-order valence-electron chi connectivity index (χ3n) is 1.89. The second kappa shape index (κ2) is 4.19. The van der Waals surface area contributed by atoms with Gasteiger partial charge in [-0.2, -0.15) is 10.4 Å². The first-order valence-corrected chi connectivity index (χ1v) is 5.08. The zero-order chi connectivity index (χ0) is 10.7. The molecule has 0 spiro atoms. The van der Waals surface area contributed by atoms with E-state index in [0.29, 0.717) is 12.2 Å². The third kappa shape index (κ3) is 2.19. The molecular formula is C9H8BrN5. The minimum Gasteiger partial charge on any atom is -0.296 e. The summed E-state index contributed by atoms with van der Waals surface area (Å²) in [4.78, 5) is 0. The number of hydrogen-bond acceptors (Lipinski definition) is 5. The van der Waals surface area contributed by atoms with Crippen LogP contribution in [0.5, 0.6) is 0 Å². The first-order valence-electron chi connectivity index (χ1n) is 4.28. The molecule has 1 aliphatic rings. The van der Waals surface area contributed by atoms with Crippen molar-refractivity contribution in [3.8, 4) is 6.07 Å². The Morgan fingerprint density at radius 1 is 1.60 bits per heavy atom. The van der Waals surface area contributed by atoms with Gasteiger partial charge in [0.05, 0.1) is 11.3 Å². The number of nitrogens with one attached hydrogen (secondary N) is 2. The van der Waals surface area contributed by atoms with E-state index in [2.05, 4.69) is 38.0 Å². The van der Waals surface area contributed by atoms with Crippen LogP contribution in [0.4, 0.5) is 5.69 Å². The van der Waals surface area contributed by atoms with E-state index >= 15 is 0 Å². The van der Waals surface area contributed by atoms with Gasteiger partial charge in [-0.05, 0) is 34.1 Å². The van der Waals surface area contributed by atoms with Gasteiger partial charge in [0.2, 0.25) is 0 Å². The molecule has 5 nitrogen and oxygen atoms in total. The number of rotatable bonds is 2. The summed E-state index contributed by atoms with van der Waals surface area (Å²) in [5.74, 6) is 0. The van der Waals surface area contributed by atoms with E-state index in [1.807, 2.05) is 12.1 Å². The highest BCUT2D eigenvalue weighted by molar-refractivity contribution is 9.10. The zero-order valence-corrected chi connectivity index (χ0v) is 9.32. The Kier molecular flexibility index (Phi) is 2.74. The molecule has 76 valence electrons. The lowest BCUT2D eigenvalue weighted by atomic mass is 10.2. The summed E-state index contributed by atoms with van der Waals surface area (Å²) < 4.78 is 0.777. The number of nitrogens with zero attached hydrogens (tertiary/aromatic N) is 3. The van der Waals surface area contributed by atoms with Crippen LogP contribution in [0, 0.1) is 11.3 Å². The first-order chi connectivity index (χ1) is 7.29. The fourth-order valence-corrected chi connectivity index (χ4v) is 1.65. The third-order valence-corrected chi connectivity index (χ3v) is 2.55. The van der Waals surface area contributed by atoms with Crippen molar-refractivity contribution in [2.24, 2.45) is 5.10 Å². The number of halogens is 1. The summed E-state index contributed by atoms with van der Waals surface area (Å²) in [7, 11) is 0. The van der Waals surface area contributed by atoms with E-state index in [9.17, 15) is 0 Å². The Hall–Kier alpha value is -1.74. The van der Waals surface area contributed by atoms with Crippen LogP contribution in [0.2, 0.25) is 0 Å². The molecule has 2 rings (SSSR count). The maximum Gasteiger partial charge on any atom is 0.131 e. The maximum absolute atomic E-state index is 8.75. The molecule has 2 N–H and O–H groups in total. The van der Waals surface area contributed by atoms with Gasteiger partial charge in [0.25, 0.3) is 0 Å². The lowest BCUT2D eigenvalue weighted by Gasteiger charge is -2.16. The zero-order valence-electron chi connectivity index (χ0n) is 7.74. The highest BCUT2D eigenvalue weighted by Crippen LogP contribution is 2.21. The van der Waals surface area contributed by atoms with Crippen LogP contribution >= 0.6 is 15.9 Å². The minimum absolute atomic E-state index is 0.619. The molecule has 1 aromatic rings. The smallest absolute Gasteiger partial charge is 0.131 e. The number of nitriles is 1. The summed E-state index contributed by atoms with van der Waals surface area (Å²) >= 11 is 3.33. The molecule has 0 unspecified atom stereocenters. The second-order valence-electron chi connectivity index (χ2n) is 2.95. The van der Waals surface area contributed by atoms with Crippen LogP contribution in [0.25, 0.3) is 0 Å². The monoisotopic (exact) mass is 265 g/mol. The van der Waals surface area contributed by atoms with Gasteiger partial charge in [0.1, 0.15) is 19.1 Å². The molecule has 1 aromatic carbocycles. The predicted molar refractivity (Wildman–Crippen MR) is 60.8 cm³/mol. The average Bonchev–Trinajstić information content (AvgIpc) is 2.71. The molecule has 0 fully saturated rings. The average molecular weight is 266 g/mol. The van der Waals surface area contributed by atoms with Gasteiger partial charge in [-0.1, -0.05) is 0 Å². The minimum atomic E-state index is 0.619. The van der Waals surface area contributed by atoms with Crippen molar-refractivity contribution in [3.63, 3.8) is 0 Å². The molecule has 0 amide bonds. The Morgan fingerprint density at radius 2 is 2.47 bits per heavy atom. The van der Waals surface area contributed by atoms with Gasteiger partial charge in [-0.15, -0.1) is 0 Å². The highest BCUT2D eigenvalue weighted by Gasteiger charge is 2.05. The van der Waals surface area contributed by atoms with Crippen LogP contribution < -0.4 is 10.9 Å². The van der Waals surface area contributed by atoms with Crippen molar-refractivity contribution in [1.29, 1.82) is 5.26 Å². The quantitative estimate of drug-likeness (QED) is 0.850. The predicted octanol–water partition coefficient (Wildman–Crippen LogP) is 1.45. The first kappa shape index (κ1) is 9.80. The van der Waals surface area contributed by atoms with Crippen molar-refractivity contribution in [2.45, 2.75) is 0 Å². The molecule has 0 atom stereocenters. The molecule has 0 saturated carbocycles. The second-order valence-corrected chi connectivity index (χ2v) is 3.80. The van der Waals surface area contributed by atoms with Gasteiger partial charge < -0.3 is 0 Å². The van der Waals surface area contributed by atoms with Crippen LogP contribution in [0.1, 0.15) is 5.56 Å². The van der Waals surface area contributed by atoms with Gasteiger partial charge in [-0.25, -0.2) is 0 Å². The van der Waals surface area contributed by atoms with Gasteiger partial charge in [0.15, 0.2) is 0 Å². The SMILES string of the molecule is N#Cc1ccc(NN2C=NNC2)cc1Br. The molecular weight excluding hydrogens is 258 g/mol. The van der Waals surface area contributed by atoms with E-state index in [4.69, 9.17) is 5.26 Å². The highest BCUT2D eigenvalue weighted by atomic mass is 79.9. The number of benzene rings is 1. The fourth-order valence-electron chi connectivity index (χ4n) is 1.18. The molecule has 15 heavy (non-hydrogen) atoms. The van der Waals surface area contributed by atoms with Gasteiger partial charge >= 0.3 is 0 Å². The normalized spacial score (nSPS) is 13.5. The summed E-state index contributed by atoms with van der Waals surface area (Å²) in [5, 5.41) is 14.4. The Labute approximate surface area is 95.5 Å². The van der Waals surface area contributed by atoms with E-state index < -0.39 is 0 Å². The van der Waals surface area contributed by atoms with E-state index in [1.165, 1.54) is 0 Å². The largest absolute Gasteiger partial charge is 0.296 e. The van der Waals surface area contributed by atoms with E-state index in [-0.39, 0.29) is 0 Å². The maximum atomic E-state index is 8.75. The van der Waals surface area contributed by atoms with E-state index in [1.54, 1.807) is 17.4 Å². The number of hydrogen-bond donors (Lipinski definition) is 2. The van der Waals surface area contributed by atoms with Crippen LogP contribution in [-0.2, 0) is 0 Å². The van der Waals surface area contributed by atoms with Gasteiger partial charge in [0, 0.05) is 4.47 Å². The molecule has 0 radical (unpaired) electrons. The summed E-state index contributed by atoms with van der Waals surface area (Å²) in [6.07, 6.45) is 1.66. The summed E-state index contributed by atoms with van der Waals surface area (Å²) in [6.45, 7) is 0.623.